The first-order valence-corrected chi connectivity index (χ1v) is 6.09. The van der Waals surface area contributed by atoms with E-state index >= 15 is 0 Å². The van der Waals surface area contributed by atoms with Crippen molar-refractivity contribution in [1.82, 2.24) is 4.90 Å². The number of carboxylic acids is 1. The number of hydrogen-bond donors (Lipinski definition) is 1. The normalized spacial score (nSPS) is 25.9. The Morgan fingerprint density at radius 3 is 2.44 bits per heavy atom. The second kappa shape index (κ2) is 4.12. The minimum atomic E-state index is -0.928. The smallest absolute Gasteiger partial charge is 0.410 e. The van der Waals surface area contributed by atoms with E-state index in [4.69, 9.17) is 14.6 Å². The SMILES string of the molecule is CC(C)(C)OC(=O)N1CC2(CC[C@H](C(=O)O)O2)C1. The van der Waals surface area contributed by atoms with Gasteiger partial charge in [-0.3, -0.25) is 0 Å². The number of likely N-dealkylation sites (tertiary alicyclic amines) is 1. The van der Waals surface area contributed by atoms with Crippen LogP contribution in [-0.2, 0) is 14.3 Å². The lowest BCUT2D eigenvalue weighted by Crippen LogP contribution is -2.64. The Balaban J connectivity index is 1.84. The highest BCUT2D eigenvalue weighted by Crippen LogP contribution is 2.38. The molecule has 2 saturated heterocycles. The number of rotatable bonds is 1. The fourth-order valence-corrected chi connectivity index (χ4v) is 2.33. The molecule has 1 N–H and O–H groups in total. The average Bonchev–Trinajstić information content (AvgIpc) is 2.56. The van der Waals surface area contributed by atoms with E-state index in [-0.39, 0.29) is 6.09 Å². The average molecular weight is 257 g/mol. The molecule has 0 aromatic heterocycles. The molecule has 0 saturated carbocycles. The Hall–Kier alpha value is -1.30. The van der Waals surface area contributed by atoms with Crippen molar-refractivity contribution in [3.05, 3.63) is 0 Å². The highest BCUT2D eigenvalue weighted by Gasteiger charge is 2.53. The molecule has 6 heteroatoms. The van der Waals surface area contributed by atoms with Gasteiger partial charge >= 0.3 is 12.1 Å². The molecule has 1 atom stereocenters. The van der Waals surface area contributed by atoms with Crippen LogP contribution in [0, 0.1) is 0 Å². The molecule has 0 aliphatic carbocycles. The first-order chi connectivity index (χ1) is 8.21. The lowest BCUT2D eigenvalue weighted by molar-refractivity contribution is -0.167. The third-order valence-electron chi connectivity index (χ3n) is 3.14. The zero-order valence-electron chi connectivity index (χ0n) is 10.9. The molecule has 2 aliphatic heterocycles. The number of hydrogen-bond acceptors (Lipinski definition) is 4. The first-order valence-electron chi connectivity index (χ1n) is 6.09. The van der Waals surface area contributed by atoms with Gasteiger partial charge < -0.3 is 19.5 Å². The molecule has 1 spiro atoms. The van der Waals surface area contributed by atoms with E-state index in [1.54, 1.807) is 4.90 Å². The first kappa shape index (κ1) is 13.1. The summed E-state index contributed by atoms with van der Waals surface area (Å²) in [5.41, 5.74) is -0.972. The summed E-state index contributed by atoms with van der Waals surface area (Å²) in [4.78, 5) is 24.1. The summed E-state index contributed by atoms with van der Waals surface area (Å²) >= 11 is 0. The number of amides is 1. The number of carbonyl (C=O) groups is 2. The Morgan fingerprint density at radius 2 is 2.00 bits per heavy atom. The van der Waals surface area contributed by atoms with Crippen LogP contribution in [0.1, 0.15) is 33.6 Å². The van der Waals surface area contributed by atoms with E-state index < -0.39 is 23.3 Å². The minimum Gasteiger partial charge on any atom is -0.479 e. The number of carboxylic acid groups (broad SMARTS) is 1. The van der Waals surface area contributed by atoms with E-state index in [0.29, 0.717) is 25.9 Å². The zero-order valence-corrected chi connectivity index (χ0v) is 10.9. The lowest BCUT2D eigenvalue weighted by atomic mass is 9.91. The van der Waals surface area contributed by atoms with Crippen molar-refractivity contribution >= 4 is 12.1 Å². The van der Waals surface area contributed by atoms with E-state index in [9.17, 15) is 9.59 Å². The van der Waals surface area contributed by atoms with Crippen LogP contribution in [0.15, 0.2) is 0 Å². The van der Waals surface area contributed by atoms with Gasteiger partial charge in [0.1, 0.15) is 11.2 Å². The molecule has 2 rings (SSSR count). The molecule has 1 amide bonds. The van der Waals surface area contributed by atoms with E-state index in [1.165, 1.54) is 0 Å². The summed E-state index contributed by atoms with van der Waals surface area (Å²) in [5, 5.41) is 8.86. The fraction of sp³-hybridized carbons (Fsp3) is 0.833. The number of nitrogens with zero attached hydrogens (tertiary/aromatic N) is 1. The third-order valence-corrected chi connectivity index (χ3v) is 3.14. The molecule has 6 nitrogen and oxygen atoms in total. The van der Waals surface area contributed by atoms with Crippen molar-refractivity contribution in [3.8, 4) is 0 Å². The molecule has 2 fully saturated rings. The highest BCUT2D eigenvalue weighted by atomic mass is 16.6. The molecule has 0 bridgehead atoms. The van der Waals surface area contributed by atoms with E-state index in [0.717, 1.165) is 0 Å². The van der Waals surface area contributed by atoms with Crippen LogP contribution >= 0.6 is 0 Å². The van der Waals surface area contributed by atoms with Gasteiger partial charge in [-0.1, -0.05) is 0 Å². The topological polar surface area (TPSA) is 76.1 Å². The Morgan fingerprint density at radius 1 is 1.39 bits per heavy atom. The van der Waals surface area contributed by atoms with Crippen molar-refractivity contribution < 1.29 is 24.2 Å². The van der Waals surface area contributed by atoms with Gasteiger partial charge in [-0.15, -0.1) is 0 Å². The summed E-state index contributed by atoms with van der Waals surface area (Å²) in [5.74, 6) is -0.928. The van der Waals surface area contributed by atoms with Crippen molar-refractivity contribution in [2.75, 3.05) is 13.1 Å². The van der Waals surface area contributed by atoms with Crippen LogP contribution in [0.2, 0.25) is 0 Å². The molecular weight excluding hydrogens is 238 g/mol. The summed E-state index contributed by atoms with van der Waals surface area (Å²) in [6.07, 6.45) is 0.0992. The molecule has 2 aliphatic rings. The third kappa shape index (κ3) is 2.58. The van der Waals surface area contributed by atoms with Crippen molar-refractivity contribution in [2.24, 2.45) is 0 Å². The summed E-state index contributed by atoms with van der Waals surface area (Å²) in [6, 6.07) is 0. The quantitative estimate of drug-likeness (QED) is 0.764. The van der Waals surface area contributed by atoms with Crippen LogP contribution in [-0.4, -0.2) is 52.5 Å². The zero-order chi connectivity index (χ0) is 13.6. The molecule has 0 aromatic rings. The van der Waals surface area contributed by atoms with Crippen molar-refractivity contribution in [1.29, 1.82) is 0 Å². The van der Waals surface area contributed by atoms with Gasteiger partial charge in [0.15, 0.2) is 6.10 Å². The maximum atomic E-state index is 11.7. The van der Waals surface area contributed by atoms with Gasteiger partial charge in [0, 0.05) is 0 Å². The molecule has 102 valence electrons. The Labute approximate surface area is 106 Å². The van der Waals surface area contributed by atoms with Crippen LogP contribution in [0.5, 0.6) is 0 Å². The second-order valence-electron chi connectivity index (χ2n) is 6.00. The maximum Gasteiger partial charge on any atom is 0.410 e. The number of ether oxygens (including phenoxy) is 2. The Bertz CT molecular complexity index is 367. The fourth-order valence-electron chi connectivity index (χ4n) is 2.33. The maximum absolute atomic E-state index is 11.7. The summed E-state index contributed by atoms with van der Waals surface area (Å²) in [7, 11) is 0. The summed E-state index contributed by atoms with van der Waals surface area (Å²) < 4.78 is 10.7. The Kier molecular flexibility index (Phi) is 3.01. The minimum absolute atomic E-state index is 0.365. The van der Waals surface area contributed by atoms with Gasteiger partial charge in [-0.05, 0) is 33.6 Å². The van der Waals surface area contributed by atoms with E-state index in [2.05, 4.69) is 0 Å². The van der Waals surface area contributed by atoms with E-state index in [1.807, 2.05) is 20.8 Å². The monoisotopic (exact) mass is 257 g/mol. The van der Waals surface area contributed by atoms with Crippen LogP contribution in [0.4, 0.5) is 4.79 Å². The standard InChI is InChI=1S/C12H19NO5/c1-11(2,3)18-10(16)13-6-12(7-13)5-4-8(17-12)9(14)15/h8H,4-7H2,1-3H3,(H,14,15)/t8-/m1/s1. The molecule has 0 aromatic carbocycles. The van der Waals surface area contributed by atoms with Gasteiger partial charge in [0.25, 0.3) is 0 Å². The van der Waals surface area contributed by atoms with Crippen LogP contribution in [0.25, 0.3) is 0 Å². The predicted molar refractivity (Wildman–Crippen MR) is 62.3 cm³/mol. The van der Waals surface area contributed by atoms with Crippen molar-refractivity contribution in [3.63, 3.8) is 0 Å². The molecule has 2 heterocycles. The van der Waals surface area contributed by atoms with Gasteiger partial charge in [-0.2, -0.15) is 0 Å². The largest absolute Gasteiger partial charge is 0.479 e. The van der Waals surface area contributed by atoms with Crippen molar-refractivity contribution in [2.45, 2.75) is 50.9 Å². The van der Waals surface area contributed by atoms with Gasteiger partial charge in [-0.25, -0.2) is 9.59 Å². The molecular formula is C12H19NO5. The van der Waals surface area contributed by atoms with Gasteiger partial charge in [0.2, 0.25) is 0 Å². The molecule has 0 unspecified atom stereocenters. The summed E-state index contributed by atoms with van der Waals surface area (Å²) in [6.45, 7) is 6.28. The van der Waals surface area contributed by atoms with Crippen LogP contribution < -0.4 is 0 Å². The predicted octanol–water partition coefficient (Wildman–Crippen LogP) is 1.24. The lowest BCUT2D eigenvalue weighted by Gasteiger charge is -2.47. The number of carbonyl (C=O) groups excluding carboxylic acids is 1. The highest BCUT2D eigenvalue weighted by molar-refractivity contribution is 5.73. The molecule has 18 heavy (non-hydrogen) atoms. The molecule has 0 radical (unpaired) electrons. The van der Waals surface area contributed by atoms with Crippen LogP contribution in [0.3, 0.4) is 0 Å². The number of aliphatic carboxylic acids is 1. The second-order valence-corrected chi connectivity index (χ2v) is 6.00. The van der Waals surface area contributed by atoms with Gasteiger partial charge in [0.05, 0.1) is 13.1 Å².